The highest BCUT2D eigenvalue weighted by atomic mass is 32.2. The first kappa shape index (κ1) is 21.1. The molecule has 0 saturated heterocycles. The Labute approximate surface area is 175 Å². The van der Waals surface area contributed by atoms with E-state index in [2.05, 4.69) is 19.2 Å². The van der Waals surface area contributed by atoms with Crippen molar-refractivity contribution in [1.82, 2.24) is 14.9 Å². The summed E-state index contributed by atoms with van der Waals surface area (Å²) in [6, 6.07) is 13.5. The van der Waals surface area contributed by atoms with E-state index in [9.17, 15) is 9.59 Å². The fourth-order valence-electron chi connectivity index (χ4n) is 3.27. The maximum Gasteiger partial charge on any atom is 0.266 e. The lowest BCUT2D eigenvalue weighted by Crippen LogP contribution is -2.35. The molecule has 3 rings (SSSR count). The second-order valence-electron chi connectivity index (χ2n) is 7.21. The van der Waals surface area contributed by atoms with Crippen LogP contribution in [0.25, 0.3) is 16.6 Å². The molecule has 1 N–H and O–H groups in total. The van der Waals surface area contributed by atoms with Crippen molar-refractivity contribution in [2.45, 2.75) is 51.7 Å². The Morgan fingerprint density at radius 3 is 2.59 bits per heavy atom. The molecule has 3 aromatic rings. The second kappa shape index (κ2) is 9.27. The fraction of sp³-hybridized carbons (Fsp3) is 0.348. The van der Waals surface area contributed by atoms with E-state index in [0.717, 1.165) is 29.7 Å². The molecule has 0 saturated carbocycles. The zero-order valence-electron chi connectivity index (χ0n) is 17.4. The first-order valence-corrected chi connectivity index (χ1v) is 10.9. The van der Waals surface area contributed by atoms with Gasteiger partial charge in [0.05, 0.1) is 22.3 Å². The Morgan fingerprint density at radius 2 is 1.86 bits per heavy atom. The molecule has 0 bridgehead atoms. The van der Waals surface area contributed by atoms with E-state index in [1.54, 1.807) is 10.6 Å². The minimum absolute atomic E-state index is 0.0429. The zero-order valence-corrected chi connectivity index (χ0v) is 18.2. The van der Waals surface area contributed by atoms with Gasteiger partial charge in [-0.05, 0) is 56.0 Å². The number of hydrogen-bond acceptors (Lipinski definition) is 4. The summed E-state index contributed by atoms with van der Waals surface area (Å²) in [4.78, 5) is 30.5. The zero-order chi connectivity index (χ0) is 21.0. The van der Waals surface area contributed by atoms with Gasteiger partial charge in [0.1, 0.15) is 0 Å². The number of carbonyl (C=O) groups excluding carboxylic acids is 1. The maximum atomic E-state index is 13.3. The molecule has 0 aliphatic carbocycles. The molecule has 0 unspecified atom stereocenters. The van der Waals surface area contributed by atoms with Gasteiger partial charge in [-0.25, -0.2) is 4.98 Å². The number of carbonyl (C=O) groups is 1. The number of aromatic nitrogens is 2. The van der Waals surface area contributed by atoms with Crippen LogP contribution in [-0.4, -0.2) is 27.3 Å². The van der Waals surface area contributed by atoms with Crippen LogP contribution in [0.3, 0.4) is 0 Å². The van der Waals surface area contributed by atoms with Crippen molar-refractivity contribution >= 4 is 28.6 Å². The van der Waals surface area contributed by atoms with Gasteiger partial charge in [-0.3, -0.25) is 14.2 Å². The van der Waals surface area contributed by atoms with E-state index in [0.29, 0.717) is 16.1 Å². The molecular weight excluding hydrogens is 382 g/mol. The summed E-state index contributed by atoms with van der Waals surface area (Å²) >= 11 is 1.30. The van der Waals surface area contributed by atoms with Crippen molar-refractivity contribution in [2.75, 3.05) is 5.75 Å². The standard InChI is InChI=1S/C23H27N3O2S/c1-5-17(6-2)24-21(27)14-29-23-25-19-10-8-7-9-18(19)22(28)26(23)20-13-15(3)11-12-16(20)4/h7-13,17H,5-6,14H2,1-4H3,(H,24,27). The van der Waals surface area contributed by atoms with Gasteiger partial charge >= 0.3 is 0 Å². The first-order chi connectivity index (χ1) is 13.9. The highest BCUT2D eigenvalue weighted by molar-refractivity contribution is 7.99. The van der Waals surface area contributed by atoms with Gasteiger partial charge in [0.15, 0.2) is 5.16 Å². The second-order valence-corrected chi connectivity index (χ2v) is 8.15. The molecular formula is C23H27N3O2S. The number of thioether (sulfide) groups is 1. The Kier molecular flexibility index (Phi) is 6.75. The predicted molar refractivity (Wildman–Crippen MR) is 120 cm³/mol. The lowest BCUT2D eigenvalue weighted by molar-refractivity contribution is -0.119. The molecule has 0 aliphatic rings. The quantitative estimate of drug-likeness (QED) is 0.464. The molecule has 1 heterocycles. The molecule has 0 fully saturated rings. The normalized spacial score (nSPS) is 11.2. The first-order valence-electron chi connectivity index (χ1n) is 9.96. The van der Waals surface area contributed by atoms with Crippen molar-refractivity contribution in [3.8, 4) is 5.69 Å². The van der Waals surface area contributed by atoms with Crippen LogP contribution in [-0.2, 0) is 4.79 Å². The maximum absolute atomic E-state index is 13.3. The Balaban J connectivity index is 2.05. The highest BCUT2D eigenvalue weighted by Gasteiger charge is 2.17. The average molecular weight is 410 g/mol. The molecule has 0 aliphatic heterocycles. The third kappa shape index (κ3) is 4.70. The molecule has 5 nitrogen and oxygen atoms in total. The third-order valence-electron chi connectivity index (χ3n) is 5.03. The van der Waals surface area contributed by atoms with Gasteiger partial charge in [-0.15, -0.1) is 0 Å². The van der Waals surface area contributed by atoms with E-state index < -0.39 is 0 Å². The highest BCUT2D eigenvalue weighted by Crippen LogP contribution is 2.24. The van der Waals surface area contributed by atoms with E-state index in [1.165, 1.54) is 11.8 Å². The monoisotopic (exact) mass is 409 g/mol. The molecule has 6 heteroatoms. The van der Waals surface area contributed by atoms with Crippen molar-refractivity contribution < 1.29 is 4.79 Å². The lowest BCUT2D eigenvalue weighted by Gasteiger charge is -2.17. The van der Waals surface area contributed by atoms with Crippen molar-refractivity contribution in [2.24, 2.45) is 0 Å². The fourth-order valence-corrected chi connectivity index (χ4v) is 4.09. The SMILES string of the molecule is CCC(CC)NC(=O)CSc1nc2ccccc2c(=O)n1-c1cc(C)ccc1C. The number of nitrogens with zero attached hydrogens (tertiary/aromatic N) is 2. The van der Waals surface area contributed by atoms with Crippen LogP contribution in [0.5, 0.6) is 0 Å². The summed E-state index contributed by atoms with van der Waals surface area (Å²) in [5.74, 6) is 0.171. The van der Waals surface area contributed by atoms with Crippen LogP contribution in [0.15, 0.2) is 52.4 Å². The summed E-state index contributed by atoms with van der Waals surface area (Å²) < 4.78 is 1.64. The van der Waals surface area contributed by atoms with Crippen molar-refractivity contribution in [1.29, 1.82) is 0 Å². The predicted octanol–water partition coefficient (Wildman–Crippen LogP) is 4.40. The number of benzene rings is 2. The number of para-hydroxylation sites is 1. The summed E-state index contributed by atoms with van der Waals surface area (Å²) in [7, 11) is 0. The summed E-state index contributed by atoms with van der Waals surface area (Å²) in [5, 5.41) is 4.14. The Morgan fingerprint density at radius 1 is 1.14 bits per heavy atom. The molecule has 29 heavy (non-hydrogen) atoms. The van der Waals surface area contributed by atoms with Gasteiger partial charge in [-0.2, -0.15) is 0 Å². The molecule has 0 radical (unpaired) electrons. The van der Waals surface area contributed by atoms with Gasteiger partial charge in [0, 0.05) is 6.04 Å². The van der Waals surface area contributed by atoms with Crippen LogP contribution in [0.2, 0.25) is 0 Å². The molecule has 1 amide bonds. The molecule has 0 atom stereocenters. The number of amides is 1. The molecule has 2 aromatic carbocycles. The van der Waals surface area contributed by atoms with Crippen LogP contribution in [0.4, 0.5) is 0 Å². The third-order valence-corrected chi connectivity index (χ3v) is 5.97. The smallest absolute Gasteiger partial charge is 0.266 e. The van der Waals surface area contributed by atoms with Crippen LogP contribution < -0.4 is 10.9 Å². The van der Waals surface area contributed by atoms with E-state index in [-0.39, 0.29) is 23.3 Å². The summed E-state index contributed by atoms with van der Waals surface area (Å²) in [6.07, 6.45) is 1.79. The van der Waals surface area contributed by atoms with Gasteiger partial charge in [-0.1, -0.05) is 49.9 Å². The number of rotatable bonds is 7. The Bertz CT molecular complexity index is 1090. The Hall–Kier alpha value is -2.60. The van der Waals surface area contributed by atoms with Gasteiger partial charge in [0.2, 0.25) is 5.91 Å². The van der Waals surface area contributed by atoms with E-state index in [4.69, 9.17) is 4.98 Å². The molecule has 0 spiro atoms. The van der Waals surface area contributed by atoms with Crippen LogP contribution >= 0.6 is 11.8 Å². The van der Waals surface area contributed by atoms with Crippen LogP contribution in [0, 0.1) is 13.8 Å². The topological polar surface area (TPSA) is 64.0 Å². The number of nitrogens with one attached hydrogen (secondary N) is 1. The minimum atomic E-state index is -0.118. The molecule has 152 valence electrons. The molecule has 1 aromatic heterocycles. The number of aryl methyl sites for hydroxylation is 2. The van der Waals surface area contributed by atoms with E-state index >= 15 is 0 Å². The van der Waals surface area contributed by atoms with Crippen molar-refractivity contribution in [3.63, 3.8) is 0 Å². The largest absolute Gasteiger partial charge is 0.353 e. The van der Waals surface area contributed by atoms with Gasteiger partial charge in [0.25, 0.3) is 5.56 Å². The van der Waals surface area contributed by atoms with Crippen LogP contribution in [0.1, 0.15) is 37.8 Å². The van der Waals surface area contributed by atoms with Crippen molar-refractivity contribution in [3.05, 3.63) is 63.9 Å². The average Bonchev–Trinajstić information content (AvgIpc) is 2.72. The minimum Gasteiger partial charge on any atom is -0.353 e. The summed E-state index contributed by atoms with van der Waals surface area (Å²) in [5.41, 5.74) is 3.37. The summed E-state index contributed by atoms with van der Waals surface area (Å²) in [6.45, 7) is 8.10. The number of hydrogen-bond donors (Lipinski definition) is 1. The number of fused-ring (bicyclic) bond motifs is 1. The lowest BCUT2D eigenvalue weighted by atomic mass is 10.1. The van der Waals surface area contributed by atoms with E-state index in [1.807, 2.05) is 50.2 Å². The van der Waals surface area contributed by atoms with Gasteiger partial charge < -0.3 is 5.32 Å².